The lowest BCUT2D eigenvalue weighted by molar-refractivity contribution is 0.319. The number of aromatic nitrogens is 2. The number of rotatable bonds is 5. The lowest BCUT2D eigenvalue weighted by Crippen LogP contribution is -2.44. The fourth-order valence-electron chi connectivity index (χ4n) is 2.39. The molecule has 0 unspecified atom stereocenters. The van der Waals surface area contributed by atoms with Crippen molar-refractivity contribution in [3.8, 4) is 5.75 Å². The van der Waals surface area contributed by atoms with Gasteiger partial charge in [-0.2, -0.15) is 0 Å². The van der Waals surface area contributed by atoms with Crippen LogP contribution in [-0.4, -0.2) is 42.8 Å². The van der Waals surface area contributed by atoms with Crippen molar-refractivity contribution in [2.24, 2.45) is 0 Å². The Bertz CT molecular complexity index is 599. The van der Waals surface area contributed by atoms with Gasteiger partial charge < -0.3 is 15.0 Å². The van der Waals surface area contributed by atoms with Crippen LogP contribution in [0.3, 0.4) is 0 Å². The number of piperazine rings is 1. The summed E-state index contributed by atoms with van der Waals surface area (Å²) in [5, 5.41) is 3.29. The molecule has 22 heavy (non-hydrogen) atoms. The molecule has 1 aliphatic rings. The van der Waals surface area contributed by atoms with Crippen molar-refractivity contribution >= 4 is 5.95 Å². The van der Waals surface area contributed by atoms with Gasteiger partial charge in [-0.3, -0.25) is 0 Å². The van der Waals surface area contributed by atoms with Crippen LogP contribution in [0.1, 0.15) is 5.56 Å². The largest absolute Gasteiger partial charge is 0.490 e. The molecule has 3 rings (SSSR count). The van der Waals surface area contributed by atoms with Crippen LogP contribution < -0.4 is 15.0 Å². The Hall–Kier alpha value is -2.21. The maximum Gasteiger partial charge on any atom is 0.225 e. The van der Waals surface area contributed by atoms with Crippen molar-refractivity contribution in [1.29, 1.82) is 0 Å². The van der Waals surface area contributed by atoms with Gasteiger partial charge in [0.25, 0.3) is 0 Å². The highest BCUT2D eigenvalue weighted by Gasteiger charge is 2.12. The van der Waals surface area contributed by atoms with E-state index in [-0.39, 0.29) is 5.82 Å². The normalized spacial score (nSPS) is 14.9. The summed E-state index contributed by atoms with van der Waals surface area (Å²) in [6, 6.07) is 6.55. The summed E-state index contributed by atoms with van der Waals surface area (Å²) in [6.07, 6.45) is 4.03. The van der Waals surface area contributed by atoms with Gasteiger partial charge >= 0.3 is 0 Å². The van der Waals surface area contributed by atoms with Crippen molar-refractivity contribution in [3.63, 3.8) is 0 Å². The van der Waals surface area contributed by atoms with Crippen molar-refractivity contribution in [2.45, 2.75) is 6.42 Å². The third kappa shape index (κ3) is 3.92. The Balaban J connectivity index is 1.50. The van der Waals surface area contributed by atoms with Gasteiger partial charge in [-0.1, -0.05) is 12.1 Å². The van der Waals surface area contributed by atoms with Crippen LogP contribution >= 0.6 is 0 Å². The van der Waals surface area contributed by atoms with Crippen molar-refractivity contribution < 1.29 is 9.13 Å². The molecule has 1 fully saturated rings. The SMILES string of the molecule is Fc1cccc(CCOc2cnc(N3CCNCC3)nc2)c1. The molecule has 1 aromatic heterocycles. The highest BCUT2D eigenvalue weighted by molar-refractivity contribution is 5.32. The number of halogens is 1. The first-order valence-corrected chi connectivity index (χ1v) is 7.46. The molecule has 0 aliphatic carbocycles. The van der Waals surface area contributed by atoms with Gasteiger partial charge in [0.2, 0.25) is 5.95 Å². The lowest BCUT2D eigenvalue weighted by atomic mass is 10.2. The van der Waals surface area contributed by atoms with Crippen molar-refractivity contribution in [3.05, 3.63) is 48.0 Å². The number of anilines is 1. The predicted octanol–water partition coefficient (Wildman–Crippen LogP) is 1.65. The van der Waals surface area contributed by atoms with E-state index in [9.17, 15) is 4.39 Å². The van der Waals surface area contributed by atoms with Crippen LogP contribution in [0.25, 0.3) is 0 Å². The molecule has 2 aromatic rings. The Labute approximate surface area is 129 Å². The number of ether oxygens (including phenoxy) is 1. The molecule has 1 aliphatic heterocycles. The van der Waals surface area contributed by atoms with Gasteiger partial charge in [0.15, 0.2) is 5.75 Å². The number of hydrogen-bond acceptors (Lipinski definition) is 5. The van der Waals surface area contributed by atoms with Crippen LogP contribution in [0.15, 0.2) is 36.7 Å². The van der Waals surface area contributed by atoms with Gasteiger partial charge in [0, 0.05) is 32.6 Å². The molecule has 0 amide bonds. The molecular weight excluding hydrogens is 283 g/mol. The van der Waals surface area contributed by atoms with E-state index in [0.29, 0.717) is 18.8 Å². The Kier molecular flexibility index (Phi) is 4.80. The van der Waals surface area contributed by atoms with E-state index in [4.69, 9.17) is 4.74 Å². The summed E-state index contributed by atoms with van der Waals surface area (Å²) >= 11 is 0. The molecule has 1 aromatic carbocycles. The van der Waals surface area contributed by atoms with Gasteiger partial charge in [-0.15, -0.1) is 0 Å². The Morgan fingerprint density at radius 2 is 1.95 bits per heavy atom. The summed E-state index contributed by atoms with van der Waals surface area (Å²) in [5.74, 6) is 1.15. The molecule has 0 saturated carbocycles. The molecule has 1 N–H and O–H groups in total. The van der Waals surface area contributed by atoms with E-state index in [1.165, 1.54) is 12.1 Å². The van der Waals surface area contributed by atoms with Crippen LogP contribution in [-0.2, 0) is 6.42 Å². The number of benzene rings is 1. The molecule has 0 spiro atoms. The minimum atomic E-state index is -0.221. The molecule has 1 saturated heterocycles. The summed E-state index contributed by atoms with van der Waals surface area (Å²) in [4.78, 5) is 10.8. The zero-order valence-electron chi connectivity index (χ0n) is 12.3. The van der Waals surface area contributed by atoms with Gasteiger partial charge in [-0.25, -0.2) is 14.4 Å². The smallest absolute Gasteiger partial charge is 0.225 e. The number of hydrogen-bond donors (Lipinski definition) is 1. The van der Waals surface area contributed by atoms with E-state index in [1.54, 1.807) is 18.5 Å². The third-order valence-corrected chi connectivity index (χ3v) is 3.56. The van der Waals surface area contributed by atoms with Crippen LogP contribution in [0, 0.1) is 5.82 Å². The van der Waals surface area contributed by atoms with Crippen molar-refractivity contribution in [1.82, 2.24) is 15.3 Å². The minimum absolute atomic E-state index is 0.221. The standard InChI is InChI=1S/C16H19FN4O/c17-14-3-1-2-13(10-14)4-9-22-15-11-19-16(20-12-15)21-7-5-18-6-8-21/h1-3,10-12,18H,4-9H2. The first-order valence-electron chi connectivity index (χ1n) is 7.46. The second-order valence-corrected chi connectivity index (χ2v) is 5.18. The highest BCUT2D eigenvalue weighted by Crippen LogP contribution is 2.13. The van der Waals surface area contributed by atoms with Gasteiger partial charge in [0.1, 0.15) is 5.82 Å². The Morgan fingerprint density at radius 1 is 1.18 bits per heavy atom. The van der Waals surface area contributed by atoms with E-state index in [0.717, 1.165) is 37.7 Å². The Morgan fingerprint density at radius 3 is 2.68 bits per heavy atom. The molecule has 0 radical (unpaired) electrons. The lowest BCUT2D eigenvalue weighted by Gasteiger charge is -2.27. The average molecular weight is 302 g/mol. The van der Waals surface area contributed by atoms with Crippen molar-refractivity contribution in [2.75, 3.05) is 37.7 Å². The average Bonchev–Trinajstić information content (AvgIpc) is 2.56. The highest BCUT2D eigenvalue weighted by atomic mass is 19.1. The molecule has 2 heterocycles. The monoisotopic (exact) mass is 302 g/mol. The molecule has 116 valence electrons. The van der Waals surface area contributed by atoms with Gasteiger partial charge in [-0.05, 0) is 17.7 Å². The first kappa shape index (κ1) is 14.7. The molecule has 5 nitrogen and oxygen atoms in total. The van der Waals surface area contributed by atoms with E-state index in [1.807, 2.05) is 6.07 Å². The quantitative estimate of drug-likeness (QED) is 0.910. The minimum Gasteiger partial charge on any atom is -0.490 e. The maximum absolute atomic E-state index is 13.1. The first-order chi connectivity index (χ1) is 10.8. The topological polar surface area (TPSA) is 50.3 Å². The fraction of sp³-hybridized carbons (Fsp3) is 0.375. The van der Waals surface area contributed by atoms with E-state index >= 15 is 0 Å². The number of nitrogens with zero attached hydrogens (tertiary/aromatic N) is 3. The molecule has 0 atom stereocenters. The number of nitrogens with one attached hydrogen (secondary N) is 1. The second-order valence-electron chi connectivity index (χ2n) is 5.18. The summed E-state index contributed by atoms with van der Waals surface area (Å²) < 4.78 is 18.7. The maximum atomic E-state index is 13.1. The third-order valence-electron chi connectivity index (χ3n) is 3.56. The summed E-state index contributed by atoms with van der Waals surface area (Å²) in [7, 11) is 0. The zero-order valence-corrected chi connectivity index (χ0v) is 12.3. The zero-order chi connectivity index (χ0) is 15.2. The fourth-order valence-corrected chi connectivity index (χ4v) is 2.39. The second kappa shape index (κ2) is 7.17. The van der Waals surface area contributed by atoms with Crippen LogP contribution in [0.2, 0.25) is 0 Å². The molecule has 6 heteroatoms. The predicted molar refractivity (Wildman–Crippen MR) is 82.7 cm³/mol. The summed E-state index contributed by atoms with van der Waals surface area (Å²) in [5.41, 5.74) is 0.915. The van der Waals surface area contributed by atoms with Gasteiger partial charge in [0.05, 0.1) is 19.0 Å². The molecular formula is C16H19FN4O. The van der Waals surface area contributed by atoms with E-state index < -0.39 is 0 Å². The van der Waals surface area contributed by atoms with Crippen LogP contribution in [0.5, 0.6) is 5.75 Å². The van der Waals surface area contributed by atoms with Crippen LogP contribution in [0.4, 0.5) is 10.3 Å². The molecule has 0 bridgehead atoms. The summed E-state index contributed by atoms with van der Waals surface area (Å²) in [6.45, 7) is 4.21. The van der Waals surface area contributed by atoms with E-state index in [2.05, 4.69) is 20.2 Å².